The van der Waals surface area contributed by atoms with Gasteiger partial charge in [-0.15, -0.1) is 0 Å². The molecule has 0 radical (unpaired) electrons. The minimum Gasteiger partial charge on any atom is -0.378 e. The smallest absolute Gasteiger partial charge is 0.245 e. The zero-order valence-electron chi connectivity index (χ0n) is 10.2. The minimum atomic E-state index is -3.54. The number of rotatable bonds is 2. The SMILES string of the molecule is CC1COCC(C)N1S(=O)(=O)c1ccc(Cl)nc1. The molecule has 2 heterocycles. The van der Waals surface area contributed by atoms with Crippen LogP contribution in [0.2, 0.25) is 5.15 Å². The lowest BCUT2D eigenvalue weighted by molar-refractivity contribution is 0.00635. The molecule has 2 unspecified atom stereocenters. The number of hydrogen-bond donors (Lipinski definition) is 0. The Labute approximate surface area is 112 Å². The zero-order chi connectivity index (χ0) is 13.3. The van der Waals surface area contributed by atoms with E-state index in [4.69, 9.17) is 16.3 Å². The van der Waals surface area contributed by atoms with Crippen LogP contribution in [0.5, 0.6) is 0 Å². The van der Waals surface area contributed by atoms with E-state index in [-0.39, 0.29) is 22.1 Å². The van der Waals surface area contributed by atoms with Crippen molar-refractivity contribution in [2.75, 3.05) is 13.2 Å². The van der Waals surface area contributed by atoms with Crippen molar-refractivity contribution in [2.45, 2.75) is 30.8 Å². The van der Waals surface area contributed by atoms with Gasteiger partial charge in [0.15, 0.2) is 0 Å². The largest absolute Gasteiger partial charge is 0.378 e. The Morgan fingerprint density at radius 2 is 1.94 bits per heavy atom. The first-order valence-electron chi connectivity index (χ1n) is 5.66. The van der Waals surface area contributed by atoms with Crippen LogP contribution in [0.4, 0.5) is 0 Å². The van der Waals surface area contributed by atoms with Gasteiger partial charge in [-0.05, 0) is 26.0 Å². The van der Waals surface area contributed by atoms with Crippen molar-refractivity contribution in [3.8, 4) is 0 Å². The Morgan fingerprint density at radius 1 is 1.33 bits per heavy atom. The molecular formula is C11H15ClN2O3S. The molecule has 0 aromatic carbocycles. The third kappa shape index (κ3) is 2.51. The van der Waals surface area contributed by atoms with E-state index in [9.17, 15) is 8.42 Å². The number of pyridine rings is 1. The van der Waals surface area contributed by atoms with E-state index in [2.05, 4.69) is 4.98 Å². The number of halogens is 1. The fourth-order valence-electron chi connectivity index (χ4n) is 2.10. The average molecular weight is 291 g/mol. The second-order valence-electron chi connectivity index (χ2n) is 4.39. The summed E-state index contributed by atoms with van der Waals surface area (Å²) in [6.07, 6.45) is 1.28. The van der Waals surface area contributed by atoms with Gasteiger partial charge in [-0.2, -0.15) is 4.31 Å². The summed E-state index contributed by atoms with van der Waals surface area (Å²) in [7, 11) is -3.54. The first-order chi connectivity index (χ1) is 8.43. The normalized spacial score (nSPS) is 26.2. The third-order valence-corrected chi connectivity index (χ3v) is 5.20. The maximum atomic E-state index is 12.5. The summed E-state index contributed by atoms with van der Waals surface area (Å²) < 4.78 is 31.8. The molecule has 7 heteroatoms. The summed E-state index contributed by atoms with van der Waals surface area (Å²) in [5, 5.41) is 0.275. The standard InChI is InChI=1S/C11H15ClN2O3S/c1-8-6-17-7-9(2)14(8)18(15,16)10-3-4-11(12)13-5-10/h3-5,8-9H,6-7H2,1-2H3. The van der Waals surface area contributed by atoms with Crippen molar-refractivity contribution in [1.82, 2.24) is 9.29 Å². The van der Waals surface area contributed by atoms with E-state index in [0.29, 0.717) is 13.2 Å². The van der Waals surface area contributed by atoms with Gasteiger partial charge >= 0.3 is 0 Å². The Morgan fingerprint density at radius 3 is 2.44 bits per heavy atom. The van der Waals surface area contributed by atoms with Crippen LogP contribution in [0.1, 0.15) is 13.8 Å². The fraction of sp³-hybridized carbons (Fsp3) is 0.545. The molecule has 2 atom stereocenters. The quantitative estimate of drug-likeness (QED) is 0.775. The first kappa shape index (κ1) is 13.7. The van der Waals surface area contributed by atoms with E-state index < -0.39 is 10.0 Å². The predicted octanol–water partition coefficient (Wildman–Crippen LogP) is 1.53. The van der Waals surface area contributed by atoms with Crippen LogP contribution in [0, 0.1) is 0 Å². The molecule has 1 aromatic rings. The lowest BCUT2D eigenvalue weighted by atomic mass is 10.2. The molecule has 100 valence electrons. The number of sulfonamides is 1. The molecule has 0 spiro atoms. The van der Waals surface area contributed by atoms with Crippen molar-refractivity contribution in [2.24, 2.45) is 0 Å². The van der Waals surface area contributed by atoms with Crippen LogP contribution in [0.3, 0.4) is 0 Å². The van der Waals surface area contributed by atoms with Crippen LogP contribution >= 0.6 is 11.6 Å². The Kier molecular flexibility index (Phi) is 3.91. The molecule has 1 aromatic heterocycles. The Hall–Kier alpha value is -0.690. The van der Waals surface area contributed by atoms with E-state index >= 15 is 0 Å². The first-order valence-corrected chi connectivity index (χ1v) is 7.47. The highest BCUT2D eigenvalue weighted by Crippen LogP contribution is 2.24. The summed E-state index contributed by atoms with van der Waals surface area (Å²) in [6.45, 7) is 4.47. The summed E-state index contributed by atoms with van der Waals surface area (Å²) in [5.74, 6) is 0. The fourth-order valence-corrected chi connectivity index (χ4v) is 3.95. The lowest BCUT2D eigenvalue weighted by Crippen LogP contribution is -2.52. The number of aromatic nitrogens is 1. The molecule has 0 bridgehead atoms. The third-order valence-electron chi connectivity index (χ3n) is 2.86. The van der Waals surface area contributed by atoms with Gasteiger partial charge in [0.05, 0.1) is 13.2 Å². The van der Waals surface area contributed by atoms with E-state index in [1.807, 2.05) is 13.8 Å². The highest BCUT2D eigenvalue weighted by Gasteiger charge is 2.36. The summed E-state index contributed by atoms with van der Waals surface area (Å²) in [5.41, 5.74) is 0. The topological polar surface area (TPSA) is 59.5 Å². The van der Waals surface area contributed by atoms with Crippen LogP contribution in [0.15, 0.2) is 23.2 Å². The maximum Gasteiger partial charge on any atom is 0.245 e. The molecule has 0 N–H and O–H groups in total. The van der Waals surface area contributed by atoms with Crippen LogP contribution < -0.4 is 0 Å². The van der Waals surface area contributed by atoms with E-state index in [0.717, 1.165) is 0 Å². The van der Waals surface area contributed by atoms with Crippen LogP contribution in [-0.4, -0.2) is 43.0 Å². The summed E-state index contributed by atoms with van der Waals surface area (Å²) in [6, 6.07) is 2.58. The Bertz CT molecular complexity index is 508. The maximum absolute atomic E-state index is 12.5. The number of hydrogen-bond acceptors (Lipinski definition) is 4. The van der Waals surface area contributed by atoms with Gasteiger partial charge < -0.3 is 4.74 Å². The van der Waals surface area contributed by atoms with Gasteiger partial charge in [0, 0.05) is 18.3 Å². The van der Waals surface area contributed by atoms with E-state index in [1.54, 1.807) is 0 Å². The molecule has 1 fully saturated rings. The minimum absolute atomic E-state index is 0.160. The highest BCUT2D eigenvalue weighted by atomic mass is 35.5. The molecule has 0 aliphatic carbocycles. The van der Waals surface area contributed by atoms with Crippen molar-refractivity contribution in [3.05, 3.63) is 23.5 Å². The molecular weight excluding hydrogens is 276 g/mol. The molecule has 2 rings (SSSR count). The molecule has 1 saturated heterocycles. The van der Waals surface area contributed by atoms with Gasteiger partial charge in [-0.3, -0.25) is 0 Å². The Balaban J connectivity index is 2.38. The van der Waals surface area contributed by atoms with Crippen molar-refractivity contribution >= 4 is 21.6 Å². The van der Waals surface area contributed by atoms with Gasteiger partial charge in [0.25, 0.3) is 0 Å². The van der Waals surface area contributed by atoms with Crippen LogP contribution in [0.25, 0.3) is 0 Å². The second kappa shape index (κ2) is 5.13. The van der Waals surface area contributed by atoms with E-state index in [1.165, 1.54) is 22.6 Å². The zero-order valence-corrected chi connectivity index (χ0v) is 11.8. The van der Waals surface area contributed by atoms with Crippen LogP contribution in [-0.2, 0) is 14.8 Å². The van der Waals surface area contributed by atoms with Crippen molar-refractivity contribution < 1.29 is 13.2 Å². The lowest BCUT2D eigenvalue weighted by Gasteiger charge is -2.37. The highest BCUT2D eigenvalue weighted by molar-refractivity contribution is 7.89. The summed E-state index contributed by atoms with van der Waals surface area (Å²) in [4.78, 5) is 3.98. The van der Waals surface area contributed by atoms with Gasteiger partial charge in [0.2, 0.25) is 10.0 Å². The molecule has 1 aliphatic heterocycles. The number of ether oxygens (including phenoxy) is 1. The van der Waals surface area contributed by atoms with Crippen molar-refractivity contribution in [3.63, 3.8) is 0 Å². The predicted molar refractivity (Wildman–Crippen MR) is 68.0 cm³/mol. The van der Waals surface area contributed by atoms with Crippen molar-refractivity contribution in [1.29, 1.82) is 0 Å². The van der Waals surface area contributed by atoms with Gasteiger partial charge in [-0.25, -0.2) is 13.4 Å². The molecule has 0 amide bonds. The monoisotopic (exact) mass is 290 g/mol. The average Bonchev–Trinajstić information content (AvgIpc) is 2.29. The van der Waals surface area contributed by atoms with Gasteiger partial charge in [0.1, 0.15) is 10.0 Å². The molecule has 5 nitrogen and oxygen atoms in total. The molecule has 0 saturated carbocycles. The number of morpholine rings is 1. The van der Waals surface area contributed by atoms with Gasteiger partial charge in [-0.1, -0.05) is 11.6 Å². The second-order valence-corrected chi connectivity index (χ2v) is 6.62. The summed E-state index contributed by atoms with van der Waals surface area (Å²) >= 11 is 5.67. The number of nitrogens with zero attached hydrogens (tertiary/aromatic N) is 2. The molecule has 1 aliphatic rings. The molecule has 18 heavy (non-hydrogen) atoms.